The quantitative estimate of drug-likeness (QED) is 0.525. The summed E-state index contributed by atoms with van der Waals surface area (Å²) in [6.07, 6.45) is 0. The molecule has 0 amide bonds. The molecule has 1 aliphatic heterocycles. The molecule has 3 aromatic carbocycles. The average molecular weight is 361 g/mol. The van der Waals surface area contributed by atoms with E-state index in [0.29, 0.717) is 5.46 Å². The molecule has 3 aromatic rings. The third kappa shape index (κ3) is 2.82. The largest absolute Gasteiger partial charge is 0.488 e. The normalized spacial score (nSPS) is 12.6. The van der Waals surface area contributed by atoms with E-state index in [9.17, 15) is 10.0 Å². The smallest absolute Gasteiger partial charge is 0.423 e. The van der Waals surface area contributed by atoms with E-state index in [1.807, 2.05) is 18.2 Å². The van der Waals surface area contributed by atoms with Crippen molar-refractivity contribution in [1.82, 2.24) is 0 Å². The van der Waals surface area contributed by atoms with Crippen molar-refractivity contribution in [2.45, 2.75) is 30.6 Å². The number of fused-ring (bicyclic) bond motifs is 2. The predicted molar refractivity (Wildman–Crippen MR) is 109 cm³/mol. The Labute approximate surface area is 158 Å². The maximum Gasteiger partial charge on any atom is 0.488 e. The van der Waals surface area contributed by atoms with Crippen LogP contribution in [0.15, 0.2) is 64.4 Å². The molecule has 3 nitrogen and oxygen atoms in total. The predicted octanol–water partition coefficient (Wildman–Crippen LogP) is 4.23. The molecule has 0 saturated carbocycles. The highest BCUT2D eigenvalue weighted by atomic mass is 32.2. The van der Waals surface area contributed by atoms with Crippen LogP contribution in [0.3, 0.4) is 0 Å². The third-order valence-corrected chi connectivity index (χ3v) is 5.84. The summed E-state index contributed by atoms with van der Waals surface area (Å²) in [5, 5.41) is 19.3. The Morgan fingerprint density at radius 1 is 0.808 bits per heavy atom. The van der Waals surface area contributed by atoms with E-state index < -0.39 is 7.12 Å². The first kappa shape index (κ1) is 17.2. The fourth-order valence-corrected chi connectivity index (χ4v) is 4.74. The van der Waals surface area contributed by atoms with Gasteiger partial charge in [0, 0.05) is 9.79 Å². The van der Waals surface area contributed by atoms with Gasteiger partial charge in [-0.3, -0.25) is 0 Å². The van der Waals surface area contributed by atoms with E-state index in [0.717, 1.165) is 22.0 Å². The van der Waals surface area contributed by atoms with Gasteiger partial charge in [0.05, 0.1) is 17.1 Å². The summed E-state index contributed by atoms with van der Waals surface area (Å²) in [4.78, 5) is 4.54. The van der Waals surface area contributed by atoms with Crippen molar-refractivity contribution in [2.24, 2.45) is 0 Å². The van der Waals surface area contributed by atoms with Crippen LogP contribution < -0.4 is 10.4 Å². The fraction of sp³-hybridized carbons (Fsp3) is 0.143. The fourth-order valence-electron chi connectivity index (χ4n) is 3.70. The molecule has 4 rings (SSSR count). The summed E-state index contributed by atoms with van der Waals surface area (Å²) in [5.74, 6) is 0. The Kier molecular flexibility index (Phi) is 4.31. The molecule has 0 fully saturated rings. The molecular formula is C21H20BNO2S. The number of para-hydroxylation sites is 1. The summed E-state index contributed by atoms with van der Waals surface area (Å²) >= 11 is 1.71. The summed E-state index contributed by atoms with van der Waals surface area (Å²) in [5.41, 5.74) is 7.38. The van der Waals surface area contributed by atoms with Gasteiger partial charge < -0.3 is 14.9 Å². The standard InChI is InChI=1S/C21H20BNO2S/c1-13-10-14(2)21(15(3)11-13)23-17-6-4-5-7-19(17)26-20-9-8-16(22(24)25)12-18(20)23/h4-12,24-25H,1-3H3. The topological polar surface area (TPSA) is 43.7 Å². The molecule has 0 aliphatic carbocycles. The first-order valence-corrected chi connectivity index (χ1v) is 9.42. The van der Waals surface area contributed by atoms with Gasteiger partial charge in [-0.2, -0.15) is 0 Å². The van der Waals surface area contributed by atoms with Crippen molar-refractivity contribution in [2.75, 3.05) is 4.90 Å². The molecule has 0 radical (unpaired) electrons. The molecule has 1 heterocycles. The Morgan fingerprint density at radius 2 is 1.46 bits per heavy atom. The lowest BCUT2D eigenvalue weighted by Crippen LogP contribution is -2.31. The SMILES string of the molecule is Cc1cc(C)c(N2c3ccccc3Sc3ccc(B(O)O)cc32)c(C)c1. The number of aryl methyl sites for hydroxylation is 3. The average Bonchev–Trinajstić information content (AvgIpc) is 2.59. The second-order valence-electron chi connectivity index (χ2n) is 6.75. The number of nitrogens with zero attached hydrogens (tertiary/aromatic N) is 1. The van der Waals surface area contributed by atoms with Gasteiger partial charge >= 0.3 is 7.12 Å². The van der Waals surface area contributed by atoms with Crippen LogP contribution in [0.5, 0.6) is 0 Å². The van der Waals surface area contributed by atoms with Crippen molar-refractivity contribution in [1.29, 1.82) is 0 Å². The summed E-state index contributed by atoms with van der Waals surface area (Å²) in [7, 11) is -1.48. The van der Waals surface area contributed by atoms with Gasteiger partial charge in [0.1, 0.15) is 0 Å². The van der Waals surface area contributed by atoms with Gasteiger partial charge in [0.25, 0.3) is 0 Å². The number of hydrogen-bond donors (Lipinski definition) is 2. The molecular weight excluding hydrogens is 341 g/mol. The van der Waals surface area contributed by atoms with Gasteiger partial charge in [0.15, 0.2) is 0 Å². The lowest BCUT2D eigenvalue weighted by Gasteiger charge is -2.35. The van der Waals surface area contributed by atoms with E-state index in [-0.39, 0.29) is 0 Å². The lowest BCUT2D eigenvalue weighted by molar-refractivity contribution is 0.426. The van der Waals surface area contributed by atoms with Crippen molar-refractivity contribution < 1.29 is 10.0 Å². The van der Waals surface area contributed by atoms with E-state index in [2.05, 4.69) is 56.0 Å². The molecule has 0 aromatic heterocycles. The zero-order valence-corrected chi connectivity index (χ0v) is 15.8. The van der Waals surface area contributed by atoms with Gasteiger partial charge in [-0.1, -0.05) is 47.7 Å². The maximum atomic E-state index is 9.65. The molecule has 0 spiro atoms. The zero-order valence-electron chi connectivity index (χ0n) is 15.0. The highest BCUT2D eigenvalue weighted by Crippen LogP contribution is 2.52. The second kappa shape index (κ2) is 6.51. The molecule has 0 atom stereocenters. The van der Waals surface area contributed by atoms with Crippen molar-refractivity contribution in [3.8, 4) is 0 Å². The van der Waals surface area contributed by atoms with Crippen LogP contribution in [-0.4, -0.2) is 17.2 Å². The minimum atomic E-state index is -1.48. The van der Waals surface area contributed by atoms with Crippen LogP contribution in [0.2, 0.25) is 0 Å². The highest BCUT2D eigenvalue weighted by Gasteiger charge is 2.28. The highest BCUT2D eigenvalue weighted by molar-refractivity contribution is 7.99. The maximum absolute atomic E-state index is 9.65. The summed E-state index contributed by atoms with van der Waals surface area (Å²) in [6, 6.07) is 18.3. The van der Waals surface area contributed by atoms with Gasteiger partial charge in [-0.05, 0) is 61.6 Å². The van der Waals surface area contributed by atoms with E-state index >= 15 is 0 Å². The minimum absolute atomic E-state index is 0.496. The number of benzene rings is 3. The molecule has 26 heavy (non-hydrogen) atoms. The molecule has 0 saturated heterocycles. The van der Waals surface area contributed by atoms with E-state index in [1.54, 1.807) is 17.8 Å². The van der Waals surface area contributed by atoms with E-state index in [1.165, 1.54) is 21.6 Å². The van der Waals surface area contributed by atoms with Crippen LogP contribution in [0.25, 0.3) is 0 Å². The lowest BCUT2D eigenvalue weighted by atomic mass is 9.80. The Balaban J connectivity index is 2.01. The molecule has 130 valence electrons. The van der Waals surface area contributed by atoms with Crippen LogP contribution >= 0.6 is 11.8 Å². The zero-order chi connectivity index (χ0) is 18.4. The summed E-state index contributed by atoms with van der Waals surface area (Å²) < 4.78 is 0. The van der Waals surface area contributed by atoms with Gasteiger partial charge in [-0.15, -0.1) is 0 Å². The molecule has 1 aliphatic rings. The third-order valence-electron chi connectivity index (χ3n) is 4.71. The van der Waals surface area contributed by atoms with Crippen LogP contribution in [0.1, 0.15) is 16.7 Å². The monoisotopic (exact) mass is 361 g/mol. The molecule has 2 N–H and O–H groups in total. The van der Waals surface area contributed by atoms with Crippen LogP contribution in [0, 0.1) is 20.8 Å². The Bertz CT molecular complexity index is 980. The van der Waals surface area contributed by atoms with Crippen molar-refractivity contribution in [3.05, 3.63) is 71.3 Å². The van der Waals surface area contributed by atoms with E-state index in [4.69, 9.17) is 0 Å². The van der Waals surface area contributed by atoms with Gasteiger partial charge in [0.2, 0.25) is 0 Å². The number of anilines is 3. The summed E-state index contributed by atoms with van der Waals surface area (Å²) in [6.45, 7) is 6.37. The number of hydrogen-bond acceptors (Lipinski definition) is 4. The Hall–Kier alpha value is -2.21. The molecule has 5 heteroatoms. The van der Waals surface area contributed by atoms with Crippen LogP contribution in [0.4, 0.5) is 17.1 Å². The van der Waals surface area contributed by atoms with Gasteiger partial charge in [-0.25, -0.2) is 0 Å². The second-order valence-corrected chi connectivity index (χ2v) is 7.84. The minimum Gasteiger partial charge on any atom is -0.423 e. The molecule has 0 unspecified atom stereocenters. The van der Waals surface area contributed by atoms with Crippen LogP contribution in [-0.2, 0) is 0 Å². The Morgan fingerprint density at radius 3 is 2.15 bits per heavy atom. The molecule has 0 bridgehead atoms. The van der Waals surface area contributed by atoms with Crippen molar-refractivity contribution in [3.63, 3.8) is 0 Å². The first-order valence-electron chi connectivity index (χ1n) is 8.60. The first-order chi connectivity index (χ1) is 12.5. The number of rotatable bonds is 2. The van der Waals surface area contributed by atoms with Crippen molar-refractivity contribution >= 4 is 41.4 Å².